The molecule has 1 aliphatic rings. The van der Waals surface area contributed by atoms with Crippen molar-refractivity contribution in [1.82, 2.24) is 20.5 Å². The lowest BCUT2D eigenvalue weighted by Gasteiger charge is -2.35. The van der Waals surface area contributed by atoms with Gasteiger partial charge in [0.25, 0.3) is 0 Å². The quantitative estimate of drug-likeness (QED) is 0.337. The zero-order chi connectivity index (χ0) is 27.2. The highest BCUT2D eigenvalue weighted by atomic mass is 32.1. The first-order valence-electron chi connectivity index (χ1n) is 12.3. The molecule has 2 aromatic rings. The predicted molar refractivity (Wildman–Crippen MR) is 142 cm³/mol. The van der Waals surface area contributed by atoms with Crippen LogP contribution in [0.5, 0.6) is 0 Å². The van der Waals surface area contributed by atoms with Crippen molar-refractivity contribution in [1.29, 1.82) is 0 Å². The van der Waals surface area contributed by atoms with E-state index >= 15 is 0 Å². The van der Waals surface area contributed by atoms with Crippen molar-refractivity contribution in [3.8, 4) is 10.4 Å². The molecule has 0 aliphatic carbocycles. The third kappa shape index (κ3) is 7.57. The Labute approximate surface area is 221 Å². The molecule has 1 aliphatic heterocycles. The van der Waals surface area contributed by atoms with Crippen LogP contribution in [0.4, 0.5) is 0 Å². The number of nitrogens with zero attached hydrogens (tertiary/aromatic N) is 2. The van der Waals surface area contributed by atoms with Crippen molar-refractivity contribution in [2.45, 2.75) is 58.8 Å². The van der Waals surface area contributed by atoms with E-state index in [1.54, 1.807) is 11.3 Å². The molecule has 1 saturated heterocycles. The summed E-state index contributed by atoms with van der Waals surface area (Å²) >= 11 is 1.58. The fraction of sp³-hybridized carbons (Fsp3) is 0.538. The number of nitrogens with one attached hydrogen (secondary N) is 2. The number of carbonyl (C=O) groups is 3. The molecule has 5 N–H and O–H groups in total. The molecular weight excluding hydrogens is 494 g/mol. The highest BCUT2D eigenvalue weighted by Gasteiger charge is 2.44. The second-order valence-electron chi connectivity index (χ2n) is 10.3. The topological polar surface area (TPSA) is 147 Å². The number of hydrogen-bond donors (Lipinski definition) is 4. The summed E-state index contributed by atoms with van der Waals surface area (Å²) in [5.41, 5.74) is 9.52. The number of amides is 3. The molecule has 10 nitrogen and oxygen atoms in total. The van der Waals surface area contributed by atoms with Gasteiger partial charge in [-0.15, -0.1) is 11.3 Å². The first kappa shape index (κ1) is 28.7. The molecule has 202 valence electrons. The monoisotopic (exact) mass is 531 g/mol. The smallest absolute Gasteiger partial charge is 0.246 e. The number of thiazole rings is 1. The third-order valence-corrected chi connectivity index (χ3v) is 7.18. The van der Waals surface area contributed by atoms with Crippen molar-refractivity contribution in [3.63, 3.8) is 0 Å². The normalized spacial score (nSPS) is 18.5. The van der Waals surface area contributed by atoms with Crippen LogP contribution in [-0.2, 0) is 25.7 Å². The Kier molecular flexibility index (Phi) is 9.77. The second kappa shape index (κ2) is 12.6. The minimum absolute atomic E-state index is 0.0198. The number of rotatable bonds is 10. The summed E-state index contributed by atoms with van der Waals surface area (Å²) in [7, 11) is 0. The molecule has 0 radical (unpaired) electrons. The molecule has 37 heavy (non-hydrogen) atoms. The minimum Gasteiger partial charge on any atom is -0.391 e. The first-order chi connectivity index (χ1) is 17.5. The number of likely N-dealkylation sites (tertiary alicyclic amines) is 1. The van der Waals surface area contributed by atoms with Crippen LogP contribution in [0.3, 0.4) is 0 Å². The summed E-state index contributed by atoms with van der Waals surface area (Å²) in [5, 5.41) is 15.9. The molecular formula is C26H37N5O5S. The molecule has 0 bridgehead atoms. The number of aryl methyl sites for hydroxylation is 1. The summed E-state index contributed by atoms with van der Waals surface area (Å²) in [6.45, 7) is 8.06. The molecule has 11 heteroatoms. The van der Waals surface area contributed by atoms with Gasteiger partial charge in [0.1, 0.15) is 18.7 Å². The number of aliphatic hydroxyl groups is 1. The third-order valence-electron chi connectivity index (χ3n) is 6.21. The van der Waals surface area contributed by atoms with E-state index in [1.165, 1.54) is 4.90 Å². The largest absolute Gasteiger partial charge is 0.391 e. The van der Waals surface area contributed by atoms with Gasteiger partial charge < -0.3 is 31.1 Å². The van der Waals surface area contributed by atoms with Gasteiger partial charge in [0.2, 0.25) is 17.7 Å². The fourth-order valence-corrected chi connectivity index (χ4v) is 5.04. The van der Waals surface area contributed by atoms with E-state index < -0.39 is 35.4 Å². The van der Waals surface area contributed by atoms with Gasteiger partial charge in [0.15, 0.2) is 0 Å². The summed E-state index contributed by atoms with van der Waals surface area (Å²) in [6, 6.07) is 6.13. The lowest BCUT2D eigenvalue weighted by molar-refractivity contribution is -0.144. The average Bonchev–Trinajstić information content (AvgIpc) is 3.46. The SMILES string of the molecule is Cc1ncsc1-c1ccc(CNC(=O)[C@@H]2C[C@@H](O)CN2C(=O)[C@@H](NC(=O)COCCN)C(C)(C)C)cc1. The lowest BCUT2D eigenvalue weighted by atomic mass is 9.85. The van der Waals surface area contributed by atoms with Gasteiger partial charge in [0, 0.05) is 26.1 Å². The number of aliphatic hydroxyl groups excluding tert-OH is 1. The van der Waals surface area contributed by atoms with E-state index in [2.05, 4.69) is 15.6 Å². The van der Waals surface area contributed by atoms with Crippen molar-refractivity contribution in [2.75, 3.05) is 26.3 Å². The van der Waals surface area contributed by atoms with Crippen LogP contribution in [0.1, 0.15) is 38.4 Å². The summed E-state index contributed by atoms with van der Waals surface area (Å²) in [5.74, 6) is -1.21. The maximum Gasteiger partial charge on any atom is 0.246 e. The van der Waals surface area contributed by atoms with Crippen LogP contribution >= 0.6 is 11.3 Å². The highest BCUT2D eigenvalue weighted by molar-refractivity contribution is 7.13. The zero-order valence-corrected chi connectivity index (χ0v) is 22.6. The van der Waals surface area contributed by atoms with E-state index in [-0.39, 0.29) is 45.2 Å². The molecule has 1 fully saturated rings. The summed E-state index contributed by atoms with van der Waals surface area (Å²) in [6.07, 6.45) is -0.697. The van der Waals surface area contributed by atoms with Crippen molar-refractivity contribution in [2.24, 2.45) is 11.1 Å². The van der Waals surface area contributed by atoms with Crippen molar-refractivity contribution >= 4 is 29.1 Å². The van der Waals surface area contributed by atoms with Crippen LogP contribution in [0.25, 0.3) is 10.4 Å². The molecule has 0 spiro atoms. The van der Waals surface area contributed by atoms with Crippen LogP contribution in [0, 0.1) is 12.3 Å². The molecule has 3 rings (SSSR count). The van der Waals surface area contributed by atoms with Crippen molar-refractivity contribution < 1.29 is 24.2 Å². The Morgan fingerprint density at radius 3 is 2.57 bits per heavy atom. The predicted octanol–water partition coefficient (Wildman–Crippen LogP) is 1.20. The van der Waals surface area contributed by atoms with Gasteiger partial charge in [0.05, 0.1) is 28.8 Å². The minimum atomic E-state index is -0.898. The maximum absolute atomic E-state index is 13.5. The van der Waals surface area contributed by atoms with E-state index in [9.17, 15) is 19.5 Å². The molecule has 0 unspecified atom stereocenters. The molecule has 3 atom stereocenters. The van der Waals surface area contributed by atoms with Gasteiger partial charge in [-0.25, -0.2) is 4.98 Å². The Balaban J connectivity index is 1.65. The number of hydrogen-bond acceptors (Lipinski definition) is 8. The zero-order valence-electron chi connectivity index (χ0n) is 21.8. The van der Waals surface area contributed by atoms with Crippen LogP contribution < -0.4 is 16.4 Å². The Morgan fingerprint density at radius 2 is 1.97 bits per heavy atom. The van der Waals surface area contributed by atoms with Crippen LogP contribution in [0.15, 0.2) is 29.8 Å². The van der Waals surface area contributed by atoms with E-state index in [0.29, 0.717) is 0 Å². The summed E-state index contributed by atoms with van der Waals surface area (Å²) < 4.78 is 5.18. The highest BCUT2D eigenvalue weighted by Crippen LogP contribution is 2.28. The van der Waals surface area contributed by atoms with Crippen LogP contribution in [0.2, 0.25) is 0 Å². The Bertz CT molecular complexity index is 1080. The fourth-order valence-electron chi connectivity index (χ4n) is 4.23. The number of β-amino-alcohol motifs (C(OH)–C–C–N with tert-alkyl or cyclic N) is 1. The lowest BCUT2D eigenvalue weighted by Crippen LogP contribution is -2.58. The van der Waals surface area contributed by atoms with E-state index in [4.69, 9.17) is 10.5 Å². The number of ether oxygens (including phenoxy) is 1. The molecule has 3 amide bonds. The Morgan fingerprint density at radius 1 is 1.27 bits per heavy atom. The number of nitrogens with two attached hydrogens (primary N) is 1. The van der Waals surface area contributed by atoms with Gasteiger partial charge in [-0.2, -0.15) is 0 Å². The number of carbonyl (C=O) groups excluding carboxylic acids is 3. The molecule has 0 saturated carbocycles. The molecule has 1 aromatic heterocycles. The second-order valence-corrected chi connectivity index (χ2v) is 11.1. The first-order valence-corrected chi connectivity index (χ1v) is 13.2. The van der Waals surface area contributed by atoms with Gasteiger partial charge >= 0.3 is 0 Å². The Hall–Kier alpha value is -2.86. The number of benzene rings is 1. The molecule has 2 heterocycles. The average molecular weight is 532 g/mol. The van der Waals surface area contributed by atoms with E-state index in [1.807, 2.05) is 57.5 Å². The van der Waals surface area contributed by atoms with Gasteiger partial charge in [-0.3, -0.25) is 14.4 Å². The van der Waals surface area contributed by atoms with Crippen molar-refractivity contribution in [3.05, 3.63) is 41.0 Å². The van der Waals surface area contributed by atoms with Gasteiger partial charge in [-0.05, 0) is 23.5 Å². The van der Waals surface area contributed by atoms with E-state index in [0.717, 1.165) is 21.7 Å². The van der Waals surface area contributed by atoms with Gasteiger partial charge in [-0.1, -0.05) is 45.0 Å². The summed E-state index contributed by atoms with van der Waals surface area (Å²) in [4.78, 5) is 45.8. The maximum atomic E-state index is 13.5. The standard InChI is InChI=1S/C26H37N5O5S/c1-16-22(37-15-29-16)18-7-5-17(6-8-18)12-28-24(34)20-11-19(32)13-31(20)25(35)23(26(2,3)4)30-21(33)14-36-10-9-27/h5-8,15,19-20,23,32H,9-14,27H2,1-4H3,(H,28,34)(H,30,33)/t19-,20+,23-/m1/s1. The molecule has 1 aromatic carbocycles. The number of aromatic nitrogens is 1. The van der Waals surface area contributed by atoms with Crippen LogP contribution in [-0.4, -0.2) is 77.2 Å².